The van der Waals surface area contributed by atoms with Crippen molar-refractivity contribution in [3.05, 3.63) is 54.1 Å². The summed E-state index contributed by atoms with van der Waals surface area (Å²) >= 11 is 0. The topological polar surface area (TPSA) is 52.6 Å². The molecule has 0 aliphatic heterocycles. The Morgan fingerprint density at radius 3 is 2.43 bits per heavy atom. The molecule has 0 saturated carbocycles. The van der Waals surface area contributed by atoms with Gasteiger partial charge in [-0.3, -0.25) is 4.18 Å². The fourth-order valence-electron chi connectivity index (χ4n) is 1.77. The lowest BCUT2D eigenvalue weighted by Gasteiger charge is -2.12. The monoisotopic (exact) mass is 306 g/mol. The minimum absolute atomic E-state index is 0.0467. The van der Waals surface area contributed by atoms with E-state index in [9.17, 15) is 8.42 Å². The first-order valence-corrected chi connectivity index (χ1v) is 8.17. The van der Waals surface area contributed by atoms with Crippen LogP contribution in [0.1, 0.15) is 18.9 Å². The molecule has 2 aromatic carbocycles. The molecule has 2 aromatic rings. The molecule has 0 radical (unpaired) electrons. The summed E-state index contributed by atoms with van der Waals surface area (Å²) in [6.45, 7) is 3.88. The van der Waals surface area contributed by atoms with Crippen molar-refractivity contribution in [1.82, 2.24) is 0 Å². The first-order chi connectivity index (χ1) is 10.0. The Kier molecular flexibility index (Phi) is 4.98. The van der Waals surface area contributed by atoms with Crippen LogP contribution < -0.4 is 4.74 Å². The maximum atomic E-state index is 12.2. The first kappa shape index (κ1) is 15.5. The molecule has 4 nitrogen and oxygen atoms in total. The molecule has 5 heteroatoms. The van der Waals surface area contributed by atoms with Gasteiger partial charge < -0.3 is 4.74 Å². The van der Waals surface area contributed by atoms with Gasteiger partial charge in [-0.2, -0.15) is 8.42 Å². The Hall–Kier alpha value is -1.85. The molecular weight excluding hydrogens is 288 g/mol. The highest BCUT2D eigenvalue weighted by Gasteiger charge is 2.21. The Labute approximate surface area is 125 Å². The third-order valence-electron chi connectivity index (χ3n) is 2.78. The number of benzene rings is 2. The van der Waals surface area contributed by atoms with E-state index in [1.807, 2.05) is 32.0 Å². The number of aryl methyl sites for hydroxylation is 1. The molecular formula is C16H18O4S. The van der Waals surface area contributed by atoms with Gasteiger partial charge in [0.25, 0.3) is 0 Å². The Morgan fingerprint density at radius 1 is 1.05 bits per heavy atom. The van der Waals surface area contributed by atoms with E-state index < -0.39 is 10.1 Å². The molecule has 0 N–H and O–H groups in total. The van der Waals surface area contributed by atoms with Gasteiger partial charge in [-0.05, 0) is 43.2 Å². The third kappa shape index (κ3) is 4.06. The molecule has 0 atom stereocenters. The van der Waals surface area contributed by atoms with Gasteiger partial charge in [0.05, 0.1) is 6.61 Å². The van der Waals surface area contributed by atoms with Gasteiger partial charge in [-0.15, -0.1) is 0 Å². The zero-order chi connectivity index (χ0) is 15.3. The van der Waals surface area contributed by atoms with Crippen molar-refractivity contribution < 1.29 is 17.3 Å². The van der Waals surface area contributed by atoms with Crippen LogP contribution in [0.4, 0.5) is 0 Å². The maximum absolute atomic E-state index is 12.2. The van der Waals surface area contributed by atoms with E-state index >= 15 is 0 Å². The summed E-state index contributed by atoms with van der Waals surface area (Å²) in [6, 6.07) is 14.0. The quantitative estimate of drug-likeness (QED) is 0.759. The van der Waals surface area contributed by atoms with Crippen LogP contribution in [0.25, 0.3) is 0 Å². The van der Waals surface area contributed by atoms with Crippen LogP contribution in [0.2, 0.25) is 0 Å². The van der Waals surface area contributed by atoms with Crippen LogP contribution in [-0.2, 0) is 14.3 Å². The lowest BCUT2D eigenvalue weighted by molar-refractivity contribution is 0.316. The molecule has 0 spiro atoms. The van der Waals surface area contributed by atoms with Crippen molar-refractivity contribution in [3.8, 4) is 11.5 Å². The average molecular weight is 306 g/mol. The molecule has 0 aliphatic carbocycles. The van der Waals surface area contributed by atoms with E-state index in [4.69, 9.17) is 8.92 Å². The minimum atomic E-state index is -3.81. The maximum Gasteiger partial charge on any atom is 0.300 e. The average Bonchev–Trinajstić information content (AvgIpc) is 2.46. The fourth-order valence-corrected chi connectivity index (χ4v) is 2.87. The summed E-state index contributed by atoms with van der Waals surface area (Å²) < 4.78 is 35.1. The highest BCUT2D eigenvalue weighted by Crippen LogP contribution is 2.30. The second kappa shape index (κ2) is 6.74. The molecule has 0 amide bonds. The van der Waals surface area contributed by atoms with Gasteiger partial charge in [-0.1, -0.05) is 31.2 Å². The number of hydrogen-bond acceptors (Lipinski definition) is 4. The predicted molar refractivity (Wildman–Crippen MR) is 81.1 cm³/mol. The lowest BCUT2D eigenvalue weighted by atomic mass is 10.2. The fraction of sp³-hybridized carbons (Fsp3) is 0.250. The number of hydrogen-bond donors (Lipinski definition) is 0. The first-order valence-electron chi connectivity index (χ1n) is 6.76. The van der Waals surface area contributed by atoms with Crippen LogP contribution in [-0.4, -0.2) is 15.0 Å². The summed E-state index contributed by atoms with van der Waals surface area (Å²) in [5.74, 6) is 0.854. The zero-order valence-corrected chi connectivity index (χ0v) is 12.9. The van der Waals surface area contributed by atoms with E-state index in [2.05, 4.69) is 0 Å². The van der Waals surface area contributed by atoms with Crippen LogP contribution in [0.3, 0.4) is 0 Å². The molecule has 21 heavy (non-hydrogen) atoms. The lowest BCUT2D eigenvalue weighted by Crippen LogP contribution is -2.08. The van der Waals surface area contributed by atoms with Crippen molar-refractivity contribution in [1.29, 1.82) is 0 Å². The number of para-hydroxylation sites is 1. The third-order valence-corrected chi connectivity index (χ3v) is 4.14. The van der Waals surface area contributed by atoms with Gasteiger partial charge in [0.2, 0.25) is 0 Å². The van der Waals surface area contributed by atoms with Crippen molar-refractivity contribution >= 4 is 10.1 Å². The van der Waals surface area contributed by atoms with E-state index in [-0.39, 0.29) is 17.3 Å². The van der Waals surface area contributed by atoms with Gasteiger partial charge >= 0.3 is 10.1 Å². The minimum Gasteiger partial charge on any atom is -0.456 e. The molecule has 0 fully saturated rings. The van der Waals surface area contributed by atoms with E-state index in [1.165, 1.54) is 6.07 Å². The molecule has 0 aliphatic rings. The van der Waals surface area contributed by atoms with Crippen LogP contribution in [0, 0.1) is 6.92 Å². The smallest absolute Gasteiger partial charge is 0.300 e. The molecule has 0 saturated heterocycles. The summed E-state index contributed by atoms with van der Waals surface area (Å²) in [5, 5.41) is 0. The molecule has 2 rings (SSSR count). The number of ether oxygens (including phenoxy) is 1. The van der Waals surface area contributed by atoms with Crippen molar-refractivity contribution in [2.45, 2.75) is 25.2 Å². The number of rotatable bonds is 6. The van der Waals surface area contributed by atoms with Crippen LogP contribution >= 0.6 is 0 Å². The summed E-state index contributed by atoms with van der Waals surface area (Å²) in [6.07, 6.45) is 0.625. The standard InChI is InChI=1S/C16H18O4S/c1-3-11-19-21(17,18)16-10-9-13(2)12-15(16)20-14-7-5-4-6-8-14/h4-10,12H,3,11H2,1-2H3. The molecule has 112 valence electrons. The van der Waals surface area contributed by atoms with E-state index in [0.717, 1.165) is 5.56 Å². The highest BCUT2D eigenvalue weighted by atomic mass is 32.2. The summed E-state index contributed by atoms with van der Waals surface area (Å²) in [7, 11) is -3.81. The SMILES string of the molecule is CCCOS(=O)(=O)c1ccc(C)cc1Oc1ccccc1. The Morgan fingerprint density at radius 2 is 1.76 bits per heavy atom. The molecule has 0 bridgehead atoms. The highest BCUT2D eigenvalue weighted by molar-refractivity contribution is 7.86. The Balaban J connectivity index is 2.38. The normalized spacial score (nSPS) is 11.3. The Bertz CT molecular complexity index is 693. The van der Waals surface area contributed by atoms with Crippen molar-refractivity contribution in [2.24, 2.45) is 0 Å². The summed E-state index contributed by atoms with van der Waals surface area (Å²) in [5.41, 5.74) is 0.912. The van der Waals surface area contributed by atoms with E-state index in [0.29, 0.717) is 12.2 Å². The van der Waals surface area contributed by atoms with E-state index in [1.54, 1.807) is 24.3 Å². The molecule has 0 heterocycles. The van der Waals surface area contributed by atoms with Crippen LogP contribution in [0.5, 0.6) is 11.5 Å². The summed E-state index contributed by atoms with van der Waals surface area (Å²) in [4.78, 5) is 0.0467. The van der Waals surface area contributed by atoms with Gasteiger partial charge in [0.15, 0.2) is 0 Å². The van der Waals surface area contributed by atoms with Gasteiger partial charge in [0.1, 0.15) is 16.4 Å². The van der Waals surface area contributed by atoms with Gasteiger partial charge in [0, 0.05) is 0 Å². The second-order valence-electron chi connectivity index (χ2n) is 4.64. The predicted octanol–water partition coefficient (Wildman–Crippen LogP) is 3.90. The zero-order valence-electron chi connectivity index (χ0n) is 12.1. The largest absolute Gasteiger partial charge is 0.456 e. The van der Waals surface area contributed by atoms with Gasteiger partial charge in [-0.25, -0.2) is 0 Å². The molecule has 0 unspecified atom stereocenters. The van der Waals surface area contributed by atoms with Crippen LogP contribution in [0.15, 0.2) is 53.4 Å². The van der Waals surface area contributed by atoms with Crippen molar-refractivity contribution in [3.63, 3.8) is 0 Å². The second-order valence-corrected chi connectivity index (χ2v) is 6.23. The molecule has 0 aromatic heterocycles. The van der Waals surface area contributed by atoms with Crippen molar-refractivity contribution in [2.75, 3.05) is 6.61 Å².